The highest BCUT2D eigenvalue weighted by molar-refractivity contribution is 6.30. The van der Waals surface area contributed by atoms with E-state index in [2.05, 4.69) is 10.4 Å². The highest BCUT2D eigenvalue weighted by atomic mass is 35.5. The van der Waals surface area contributed by atoms with E-state index in [1.165, 1.54) is 10.6 Å². The molecule has 35 heavy (non-hydrogen) atoms. The Morgan fingerprint density at radius 3 is 2.40 bits per heavy atom. The van der Waals surface area contributed by atoms with E-state index in [1.54, 1.807) is 43.2 Å². The molecule has 0 fully saturated rings. The second kappa shape index (κ2) is 10.1. The number of hydrogen-bond acceptors (Lipinski definition) is 5. The second-order valence-electron chi connectivity index (χ2n) is 8.15. The van der Waals surface area contributed by atoms with E-state index in [0.29, 0.717) is 28.5 Å². The smallest absolute Gasteiger partial charge is 0.356 e. The van der Waals surface area contributed by atoms with Crippen LogP contribution in [0, 0.1) is 6.92 Å². The largest absolute Gasteiger partial charge is 0.497 e. The minimum Gasteiger partial charge on any atom is -0.497 e. The molecule has 0 spiro atoms. The maximum Gasteiger partial charge on any atom is 0.356 e. The number of anilines is 1. The fourth-order valence-electron chi connectivity index (χ4n) is 3.94. The molecule has 0 bridgehead atoms. The first-order chi connectivity index (χ1) is 16.8. The van der Waals surface area contributed by atoms with Gasteiger partial charge in [0.15, 0.2) is 5.69 Å². The molecule has 4 aromatic rings. The van der Waals surface area contributed by atoms with Crippen LogP contribution in [0.15, 0.2) is 71.7 Å². The molecule has 0 saturated carbocycles. The lowest BCUT2D eigenvalue weighted by Gasteiger charge is -2.22. The summed E-state index contributed by atoms with van der Waals surface area (Å²) in [5.41, 5.74) is 3.46. The summed E-state index contributed by atoms with van der Waals surface area (Å²) in [6, 6.07) is 17.3. The van der Waals surface area contributed by atoms with E-state index in [4.69, 9.17) is 16.3 Å². The highest BCUT2D eigenvalue weighted by Crippen LogP contribution is 2.32. The van der Waals surface area contributed by atoms with Crippen LogP contribution in [0.3, 0.4) is 0 Å². The Labute approximate surface area is 207 Å². The topological polar surface area (TPSA) is 98.4 Å². The van der Waals surface area contributed by atoms with Crippen molar-refractivity contribution in [2.45, 2.75) is 19.5 Å². The Morgan fingerprint density at radius 2 is 1.80 bits per heavy atom. The number of carboxylic acids is 1. The number of pyridine rings is 1. The van der Waals surface area contributed by atoms with Crippen LogP contribution in [-0.2, 0) is 13.6 Å². The molecule has 180 valence electrons. The molecule has 0 aliphatic rings. The van der Waals surface area contributed by atoms with Gasteiger partial charge in [-0.05, 0) is 48.4 Å². The first-order valence-corrected chi connectivity index (χ1v) is 11.3. The molecule has 0 saturated heterocycles. The summed E-state index contributed by atoms with van der Waals surface area (Å²) in [4.78, 5) is 24.1. The van der Waals surface area contributed by atoms with Crippen molar-refractivity contribution < 1.29 is 14.6 Å². The van der Waals surface area contributed by atoms with Crippen molar-refractivity contribution >= 4 is 23.3 Å². The van der Waals surface area contributed by atoms with Gasteiger partial charge < -0.3 is 19.7 Å². The third kappa shape index (κ3) is 5.22. The molecule has 4 rings (SSSR count). The van der Waals surface area contributed by atoms with Gasteiger partial charge in [0.2, 0.25) is 5.56 Å². The van der Waals surface area contributed by atoms with E-state index in [1.807, 2.05) is 43.3 Å². The molecule has 1 unspecified atom stereocenters. The summed E-state index contributed by atoms with van der Waals surface area (Å²) in [5.74, 6) is -0.389. The molecule has 0 amide bonds. The van der Waals surface area contributed by atoms with Crippen LogP contribution >= 0.6 is 11.6 Å². The van der Waals surface area contributed by atoms with Crippen LogP contribution in [-0.4, -0.2) is 32.5 Å². The van der Waals surface area contributed by atoms with Crippen molar-refractivity contribution in [3.8, 4) is 5.75 Å². The van der Waals surface area contributed by atoms with E-state index >= 15 is 0 Å². The van der Waals surface area contributed by atoms with Crippen LogP contribution in [0.1, 0.15) is 38.9 Å². The molecule has 9 heteroatoms. The molecular weight excluding hydrogens is 468 g/mol. The minimum atomic E-state index is -1.13. The Hall–Kier alpha value is -4.04. The van der Waals surface area contributed by atoms with Gasteiger partial charge in [-0.2, -0.15) is 5.10 Å². The van der Waals surface area contributed by atoms with Gasteiger partial charge in [0, 0.05) is 35.6 Å². The molecule has 0 radical (unpaired) electrons. The number of methoxy groups -OCH3 is 1. The molecule has 2 heterocycles. The van der Waals surface area contributed by atoms with Crippen LogP contribution in [0.5, 0.6) is 5.75 Å². The van der Waals surface area contributed by atoms with Gasteiger partial charge in [-0.1, -0.05) is 35.9 Å². The molecule has 2 N–H and O–H groups in total. The lowest BCUT2D eigenvalue weighted by Crippen LogP contribution is -2.19. The monoisotopic (exact) mass is 492 g/mol. The number of ether oxygens (including phenoxy) is 1. The van der Waals surface area contributed by atoms with E-state index in [9.17, 15) is 14.7 Å². The number of halogens is 1. The van der Waals surface area contributed by atoms with Gasteiger partial charge >= 0.3 is 5.97 Å². The van der Waals surface area contributed by atoms with Crippen molar-refractivity contribution in [1.29, 1.82) is 0 Å². The molecule has 0 aliphatic carbocycles. The number of aromatic nitrogens is 3. The summed E-state index contributed by atoms with van der Waals surface area (Å²) in [5, 5.41) is 18.4. The van der Waals surface area contributed by atoms with Gasteiger partial charge in [0.25, 0.3) is 0 Å². The van der Waals surface area contributed by atoms with E-state index < -0.39 is 12.0 Å². The van der Waals surface area contributed by atoms with Crippen LogP contribution in [0.25, 0.3) is 0 Å². The number of aryl methyl sites for hydroxylation is 1. The Balaban J connectivity index is 1.81. The standard InChI is InChI=1S/C26H25ClN4O4/c1-16-23(25(26(33)34)29-31(16)14-17-4-11-21(35-3)12-5-17)24(18-6-8-19(27)9-7-18)28-20-10-13-22(32)30(2)15-20/h4-13,15,24,28H,14H2,1-3H3,(H,33,34). The third-order valence-electron chi connectivity index (χ3n) is 5.84. The Kier molecular flexibility index (Phi) is 6.93. The Morgan fingerprint density at radius 1 is 1.11 bits per heavy atom. The molecule has 0 aliphatic heterocycles. The highest BCUT2D eigenvalue weighted by Gasteiger charge is 2.28. The summed E-state index contributed by atoms with van der Waals surface area (Å²) < 4.78 is 8.36. The summed E-state index contributed by atoms with van der Waals surface area (Å²) >= 11 is 6.11. The number of hydrogen-bond donors (Lipinski definition) is 2. The number of rotatable bonds is 8. The zero-order valence-corrected chi connectivity index (χ0v) is 20.3. The first-order valence-electron chi connectivity index (χ1n) is 10.9. The van der Waals surface area contributed by atoms with Gasteiger partial charge in [0.05, 0.1) is 25.4 Å². The molecule has 8 nitrogen and oxygen atoms in total. The van der Waals surface area contributed by atoms with Crippen LogP contribution in [0.4, 0.5) is 5.69 Å². The lowest BCUT2D eigenvalue weighted by molar-refractivity contribution is 0.0688. The number of carboxylic acid groups (broad SMARTS) is 1. The second-order valence-corrected chi connectivity index (χ2v) is 8.59. The molecule has 2 aromatic carbocycles. The van der Waals surface area contributed by atoms with Crippen molar-refractivity contribution in [3.05, 3.63) is 110 Å². The fourth-order valence-corrected chi connectivity index (χ4v) is 4.07. The number of nitrogens with one attached hydrogen (secondary N) is 1. The zero-order valence-electron chi connectivity index (χ0n) is 19.5. The average Bonchev–Trinajstić information content (AvgIpc) is 3.17. The summed E-state index contributed by atoms with van der Waals surface area (Å²) in [6.45, 7) is 2.24. The van der Waals surface area contributed by atoms with Crippen LogP contribution < -0.4 is 15.6 Å². The van der Waals surface area contributed by atoms with Gasteiger partial charge in [-0.3, -0.25) is 9.48 Å². The predicted molar refractivity (Wildman–Crippen MR) is 135 cm³/mol. The minimum absolute atomic E-state index is 0.0479. The molecule has 1 atom stereocenters. The Bertz CT molecular complexity index is 1410. The fraction of sp³-hybridized carbons (Fsp3) is 0.192. The van der Waals surface area contributed by atoms with E-state index in [-0.39, 0.29) is 11.3 Å². The summed E-state index contributed by atoms with van der Waals surface area (Å²) in [6.07, 6.45) is 1.67. The maximum absolute atomic E-state index is 12.3. The van der Waals surface area contributed by atoms with Crippen LogP contribution in [0.2, 0.25) is 5.02 Å². The maximum atomic E-state index is 12.3. The quantitative estimate of drug-likeness (QED) is 0.376. The summed E-state index contributed by atoms with van der Waals surface area (Å²) in [7, 11) is 3.26. The third-order valence-corrected chi connectivity index (χ3v) is 6.09. The number of nitrogens with zero attached hydrogens (tertiary/aromatic N) is 3. The lowest BCUT2D eigenvalue weighted by atomic mass is 9.96. The SMILES string of the molecule is COc1ccc(Cn2nc(C(=O)O)c(C(Nc3ccc(=O)n(C)c3)c3ccc(Cl)cc3)c2C)cc1. The molecule has 2 aromatic heterocycles. The zero-order chi connectivity index (χ0) is 25.1. The molecular formula is C26H25ClN4O4. The average molecular weight is 493 g/mol. The normalized spacial score (nSPS) is 11.8. The first kappa shape index (κ1) is 24.1. The van der Waals surface area contributed by atoms with Gasteiger partial charge in [-0.15, -0.1) is 0 Å². The van der Waals surface area contributed by atoms with Gasteiger partial charge in [0.1, 0.15) is 5.75 Å². The van der Waals surface area contributed by atoms with Crippen molar-refractivity contribution in [1.82, 2.24) is 14.3 Å². The predicted octanol–water partition coefficient (Wildman–Crippen LogP) is 4.50. The van der Waals surface area contributed by atoms with Crippen molar-refractivity contribution in [2.24, 2.45) is 7.05 Å². The van der Waals surface area contributed by atoms with Crippen molar-refractivity contribution in [3.63, 3.8) is 0 Å². The van der Waals surface area contributed by atoms with E-state index in [0.717, 1.165) is 16.9 Å². The number of aromatic carboxylic acids is 1. The number of benzene rings is 2. The van der Waals surface area contributed by atoms with Gasteiger partial charge in [-0.25, -0.2) is 4.79 Å². The number of carbonyl (C=O) groups is 1. The van der Waals surface area contributed by atoms with Crippen molar-refractivity contribution in [2.75, 3.05) is 12.4 Å².